The predicted molar refractivity (Wildman–Crippen MR) is 111 cm³/mol. The van der Waals surface area contributed by atoms with Gasteiger partial charge in [0.1, 0.15) is 11.5 Å². The number of nitrogens with one attached hydrogen (secondary N) is 1. The molecular weight excluding hydrogens is 364 g/mol. The first-order chi connectivity index (χ1) is 14.0. The van der Waals surface area contributed by atoms with Crippen LogP contribution >= 0.6 is 0 Å². The predicted octanol–water partition coefficient (Wildman–Crippen LogP) is 3.01. The van der Waals surface area contributed by atoms with E-state index in [0.29, 0.717) is 11.6 Å². The van der Waals surface area contributed by atoms with Crippen LogP contribution in [0.3, 0.4) is 0 Å². The number of hydrogen-bond acceptors (Lipinski definition) is 4. The second kappa shape index (κ2) is 8.19. The van der Waals surface area contributed by atoms with Crippen LogP contribution in [-0.2, 0) is 26.4 Å². The Morgan fingerprint density at radius 2 is 2.00 bits per heavy atom. The molecule has 0 fully saturated rings. The van der Waals surface area contributed by atoms with Crippen LogP contribution in [-0.4, -0.2) is 36.5 Å². The zero-order valence-corrected chi connectivity index (χ0v) is 17.3. The second-order valence-corrected chi connectivity index (χ2v) is 8.20. The number of benzene rings is 1. The van der Waals surface area contributed by atoms with Gasteiger partial charge in [0.25, 0.3) is 5.91 Å². The third-order valence-electron chi connectivity index (χ3n) is 5.39. The zero-order valence-electron chi connectivity index (χ0n) is 17.3. The van der Waals surface area contributed by atoms with Crippen molar-refractivity contribution >= 4 is 5.91 Å². The number of aromatic nitrogens is 5. The first-order valence-corrected chi connectivity index (χ1v) is 10.3. The van der Waals surface area contributed by atoms with Gasteiger partial charge in [0, 0.05) is 31.6 Å². The lowest BCUT2D eigenvalue weighted by molar-refractivity contribution is 0.0923. The molecule has 0 spiro atoms. The van der Waals surface area contributed by atoms with Crippen LogP contribution in [0.1, 0.15) is 48.7 Å². The van der Waals surface area contributed by atoms with Crippen molar-refractivity contribution in [2.24, 2.45) is 13.0 Å². The van der Waals surface area contributed by atoms with Gasteiger partial charge in [-0.05, 0) is 31.2 Å². The van der Waals surface area contributed by atoms with Crippen molar-refractivity contribution in [2.75, 3.05) is 0 Å². The molecule has 0 aliphatic carbocycles. The lowest BCUT2D eigenvalue weighted by atomic mass is 10.1. The van der Waals surface area contributed by atoms with Crippen molar-refractivity contribution in [3.05, 3.63) is 53.6 Å². The minimum absolute atomic E-state index is 0.0547. The molecule has 0 bridgehead atoms. The van der Waals surface area contributed by atoms with E-state index in [-0.39, 0.29) is 11.9 Å². The highest BCUT2D eigenvalue weighted by atomic mass is 16.2. The van der Waals surface area contributed by atoms with E-state index in [0.717, 1.165) is 55.1 Å². The maximum absolute atomic E-state index is 12.8. The monoisotopic (exact) mass is 392 g/mol. The fourth-order valence-corrected chi connectivity index (χ4v) is 3.95. The molecule has 1 aromatic carbocycles. The number of hydrogen-bond donors (Lipinski definition) is 1. The summed E-state index contributed by atoms with van der Waals surface area (Å²) in [5, 5.41) is 16.5. The van der Waals surface area contributed by atoms with E-state index in [4.69, 9.17) is 0 Å². The largest absolute Gasteiger partial charge is 0.348 e. The normalized spacial score (nSPS) is 16.5. The number of nitrogens with zero attached hydrogens (tertiary/aromatic N) is 5. The summed E-state index contributed by atoms with van der Waals surface area (Å²) in [5.41, 5.74) is 2.66. The maximum atomic E-state index is 12.8. The van der Waals surface area contributed by atoms with Gasteiger partial charge < -0.3 is 9.88 Å². The minimum atomic E-state index is -0.0547. The van der Waals surface area contributed by atoms with Gasteiger partial charge in [-0.2, -0.15) is 5.10 Å². The highest BCUT2D eigenvalue weighted by Crippen LogP contribution is 2.22. The SMILES string of the molecule is CC(C)Cc1cc(C(=O)NC2CCc3nnc(-c4ccccc4)n3CC2)n(C)n1. The summed E-state index contributed by atoms with van der Waals surface area (Å²) in [6, 6.07) is 12.2. The van der Waals surface area contributed by atoms with Gasteiger partial charge >= 0.3 is 0 Å². The van der Waals surface area contributed by atoms with Crippen molar-refractivity contribution in [3.63, 3.8) is 0 Å². The Balaban J connectivity index is 1.44. The van der Waals surface area contributed by atoms with Crippen molar-refractivity contribution in [1.82, 2.24) is 29.9 Å². The smallest absolute Gasteiger partial charge is 0.269 e. The lowest BCUT2D eigenvalue weighted by Gasteiger charge is -2.16. The number of carbonyl (C=O) groups is 1. The summed E-state index contributed by atoms with van der Waals surface area (Å²) < 4.78 is 3.87. The van der Waals surface area contributed by atoms with Crippen LogP contribution in [0.5, 0.6) is 0 Å². The van der Waals surface area contributed by atoms with Crippen LogP contribution in [0.25, 0.3) is 11.4 Å². The number of amides is 1. The third-order valence-corrected chi connectivity index (χ3v) is 5.39. The Morgan fingerprint density at radius 3 is 2.76 bits per heavy atom. The average Bonchev–Trinajstić information content (AvgIpc) is 3.21. The van der Waals surface area contributed by atoms with Crippen molar-refractivity contribution in [2.45, 2.75) is 52.1 Å². The Kier molecular flexibility index (Phi) is 5.47. The average molecular weight is 393 g/mol. The van der Waals surface area contributed by atoms with Crippen LogP contribution in [0.2, 0.25) is 0 Å². The summed E-state index contributed by atoms with van der Waals surface area (Å²) in [4.78, 5) is 12.8. The molecule has 7 heteroatoms. The molecular formula is C22H28N6O. The molecule has 152 valence electrons. The van der Waals surface area contributed by atoms with E-state index in [9.17, 15) is 4.79 Å². The van der Waals surface area contributed by atoms with Crippen molar-refractivity contribution < 1.29 is 4.79 Å². The first-order valence-electron chi connectivity index (χ1n) is 10.3. The second-order valence-electron chi connectivity index (χ2n) is 8.20. The topological polar surface area (TPSA) is 77.6 Å². The molecule has 1 N–H and O–H groups in total. The van der Waals surface area contributed by atoms with Crippen molar-refractivity contribution in [3.8, 4) is 11.4 Å². The molecule has 3 aromatic rings. The molecule has 7 nitrogen and oxygen atoms in total. The standard InChI is InChI=1S/C22H28N6O/c1-15(2)13-18-14-19(27(3)26-18)22(29)23-17-9-10-20-24-25-21(28(20)12-11-17)16-7-5-4-6-8-16/h4-8,14-15,17H,9-13H2,1-3H3,(H,23,29). The first kappa shape index (κ1) is 19.4. The molecule has 4 rings (SSSR count). The Hall–Kier alpha value is -2.96. The molecule has 3 heterocycles. The molecule has 1 aliphatic heterocycles. The molecule has 1 atom stereocenters. The fraction of sp³-hybridized carbons (Fsp3) is 0.455. The van der Waals surface area contributed by atoms with E-state index in [1.807, 2.05) is 31.3 Å². The molecule has 1 amide bonds. The Bertz CT molecular complexity index is 988. The highest BCUT2D eigenvalue weighted by molar-refractivity contribution is 5.92. The number of aryl methyl sites for hydroxylation is 2. The van der Waals surface area contributed by atoms with Crippen LogP contribution < -0.4 is 5.32 Å². The Morgan fingerprint density at radius 1 is 1.21 bits per heavy atom. The summed E-state index contributed by atoms with van der Waals surface area (Å²) in [7, 11) is 1.83. The summed E-state index contributed by atoms with van der Waals surface area (Å²) in [6.45, 7) is 5.10. The fourth-order valence-electron chi connectivity index (χ4n) is 3.95. The van der Waals surface area contributed by atoms with E-state index < -0.39 is 0 Å². The molecule has 0 radical (unpaired) electrons. The summed E-state index contributed by atoms with van der Waals surface area (Å²) in [6.07, 6.45) is 3.39. The highest BCUT2D eigenvalue weighted by Gasteiger charge is 2.23. The number of rotatable bonds is 5. The molecule has 2 aromatic heterocycles. The van der Waals surface area contributed by atoms with Crippen LogP contribution in [0.15, 0.2) is 36.4 Å². The van der Waals surface area contributed by atoms with Gasteiger partial charge in [-0.1, -0.05) is 44.2 Å². The van der Waals surface area contributed by atoms with Gasteiger partial charge in [0.05, 0.1) is 5.69 Å². The molecule has 1 aliphatic rings. The van der Waals surface area contributed by atoms with E-state index in [1.165, 1.54) is 0 Å². The van der Waals surface area contributed by atoms with Gasteiger partial charge in [-0.25, -0.2) is 0 Å². The van der Waals surface area contributed by atoms with E-state index in [2.05, 4.69) is 51.2 Å². The Labute approximate surface area is 171 Å². The van der Waals surface area contributed by atoms with E-state index >= 15 is 0 Å². The maximum Gasteiger partial charge on any atom is 0.269 e. The quantitative estimate of drug-likeness (QED) is 0.724. The number of fused-ring (bicyclic) bond motifs is 1. The van der Waals surface area contributed by atoms with Gasteiger partial charge in [-0.15, -0.1) is 10.2 Å². The molecule has 1 unspecified atom stereocenters. The van der Waals surface area contributed by atoms with Crippen LogP contribution in [0.4, 0.5) is 0 Å². The summed E-state index contributed by atoms with van der Waals surface area (Å²) in [5.74, 6) is 2.34. The van der Waals surface area contributed by atoms with Gasteiger partial charge in [-0.3, -0.25) is 9.48 Å². The van der Waals surface area contributed by atoms with Crippen LogP contribution in [0, 0.1) is 5.92 Å². The zero-order chi connectivity index (χ0) is 20.4. The molecule has 0 saturated heterocycles. The minimum Gasteiger partial charge on any atom is -0.348 e. The third kappa shape index (κ3) is 4.23. The molecule has 0 saturated carbocycles. The summed E-state index contributed by atoms with van der Waals surface area (Å²) >= 11 is 0. The van der Waals surface area contributed by atoms with E-state index in [1.54, 1.807) is 4.68 Å². The van der Waals surface area contributed by atoms with Crippen molar-refractivity contribution in [1.29, 1.82) is 0 Å². The number of carbonyl (C=O) groups excluding carboxylic acids is 1. The van der Waals surface area contributed by atoms with Gasteiger partial charge in [0.2, 0.25) is 0 Å². The molecule has 29 heavy (non-hydrogen) atoms. The lowest BCUT2D eigenvalue weighted by Crippen LogP contribution is -2.36. The van der Waals surface area contributed by atoms with Gasteiger partial charge in [0.15, 0.2) is 5.82 Å².